The van der Waals surface area contributed by atoms with E-state index in [1.54, 1.807) is 12.1 Å². The predicted molar refractivity (Wildman–Crippen MR) is 51.2 cm³/mol. The fraction of sp³-hybridized carbons (Fsp3) is 0.333. The van der Waals surface area contributed by atoms with Crippen LogP contribution >= 0.6 is 0 Å². The van der Waals surface area contributed by atoms with E-state index in [4.69, 9.17) is 11.5 Å². The molecule has 4 N–H and O–H groups in total. The third kappa shape index (κ3) is 4.25. The summed E-state index contributed by atoms with van der Waals surface area (Å²) in [5, 5.41) is 0. The lowest BCUT2D eigenvalue weighted by Crippen LogP contribution is -1.91. The fourth-order valence-corrected chi connectivity index (χ4v) is 0.511. The van der Waals surface area contributed by atoms with E-state index >= 15 is 0 Å². The second-order valence-electron chi connectivity index (χ2n) is 2.34. The Morgan fingerprint density at radius 1 is 1.00 bits per heavy atom. The van der Waals surface area contributed by atoms with Crippen LogP contribution in [0.2, 0.25) is 0 Å². The van der Waals surface area contributed by atoms with Crippen molar-refractivity contribution in [3.8, 4) is 0 Å². The van der Waals surface area contributed by atoms with E-state index in [2.05, 4.69) is 13.8 Å². The lowest BCUT2D eigenvalue weighted by Gasteiger charge is -1.94. The molecule has 11 heavy (non-hydrogen) atoms. The van der Waals surface area contributed by atoms with Crippen molar-refractivity contribution in [3.63, 3.8) is 0 Å². The van der Waals surface area contributed by atoms with Crippen molar-refractivity contribution in [2.75, 3.05) is 11.5 Å². The van der Waals surface area contributed by atoms with Crippen molar-refractivity contribution < 1.29 is 0 Å². The molecule has 0 radical (unpaired) electrons. The Morgan fingerprint density at radius 2 is 1.27 bits per heavy atom. The minimum Gasteiger partial charge on any atom is -0.397 e. The molecule has 0 atom stereocenters. The van der Waals surface area contributed by atoms with Crippen LogP contribution < -0.4 is 11.5 Å². The highest BCUT2D eigenvalue weighted by molar-refractivity contribution is 5.62. The van der Waals surface area contributed by atoms with Crippen molar-refractivity contribution >= 4 is 11.4 Å². The van der Waals surface area contributed by atoms with Gasteiger partial charge in [0.15, 0.2) is 0 Å². The molecule has 0 aliphatic heterocycles. The molecule has 0 unspecified atom stereocenters. The smallest absolute Gasteiger partial charge is 0.0547 e. The van der Waals surface area contributed by atoms with E-state index in [1.807, 2.05) is 12.1 Å². The van der Waals surface area contributed by atoms with Crippen molar-refractivity contribution in [2.45, 2.75) is 20.3 Å². The van der Waals surface area contributed by atoms with E-state index in [-0.39, 0.29) is 0 Å². The van der Waals surface area contributed by atoms with Crippen LogP contribution in [-0.4, -0.2) is 0 Å². The number of rotatable bonds is 0. The molecule has 0 heterocycles. The minimum atomic E-state index is 0.646. The molecular weight excluding hydrogens is 136 g/mol. The summed E-state index contributed by atoms with van der Waals surface area (Å²) < 4.78 is 0. The van der Waals surface area contributed by atoms with Crippen LogP contribution in [0.3, 0.4) is 0 Å². The van der Waals surface area contributed by atoms with Gasteiger partial charge in [-0.2, -0.15) is 0 Å². The zero-order valence-corrected chi connectivity index (χ0v) is 7.17. The molecule has 0 amide bonds. The van der Waals surface area contributed by atoms with Gasteiger partial charge in [0.05, 0.1) is 11.4 Å². The first-order valence-corrected chi connectivity index (χ1v) is 3.82. The van der Waals surface area contributed by atoms with E-state index in [9.17, 15) is 0 Å². The second kappa shape index (κ2) is 5.59. The lowest BCUT2D eigenvalue weighted by molar-refractivity contribution is 1.09. The van der Waals surface area contributed by atoms with Gasteiger partial charge in [0, 0.05) is 0 Å². The summed E-state index contributed by atoms with van der Waals surface area (Å²) in [6.07, 6.45) is 1.25. The van der Waals surface area contributed by atoms with Gasteiger partial charge in [-0.3, -0.25) is 0 Å². The van der Waals surface area contributed by atoms with E-state index in [0.29, 0.717) is 11.4 Å². The molecule has 0 spiro atoms. The number of nitrogens with two attached hydrogens (primary N) is 2. The standard InChI is InChI=1S/C6H8N2.C3H8/c7-5-3-1-2-4-6(5)8;1-3-2/h1-4H,7-8H2;3H2,1-2H3. The van der Waals surface area contributed by atoms with Gasteiger partial charge in [0.1, 0.15) is 0 Å². The molecule has 0 aliphatic rings. The summed E-state index contributed by atoms with van der Waals surface area (Å²) in [7, 11) is 0. The molecule has 0 aliphatic carbocycles. The van der Waals surface area contributed by atoms with Crippen LogP contribution in [0.25, 0.3) is 0 Å². The quantitative estimate of drug-likeness (QED) is 0.560. The maximum Gasteiger partial charge on any atom is 0.0547 e. The van der Waals surface area contributed by atoms with Crippen molar-refractivity contribution in [3.05, 3.63) is 24.3 Å². The van der Waals surface area contributed by atoms with Crippen molar-refractivity contribution in [1.82, 2.24) is 0 Å². The maximum absolute atomic E-state index is 5.39. The predicted octanol–water partition coefficient (Wildman–Crippen LogP) is 2.27. The Morgan fingerprint density at radius 3 is 1.45 bits per heavy atom. The zero-order valence-electron chi connectivity index (χ0n) is 7.17. The van der Waals surface area contributed by atoms with Gasteiger partial charge < -0.3 is 11.5 Å². The molecule has 0 saturated carbocycles. The number of para-hydroxylation sites is 2. The van der Waals surface area contributed by atoms with Gasteiger partial charge in [0.25, 0.3) is 0 Å². The second-order valence-corrected chi connectivity index (χ2v) is 2.34. The fourth-order valence-electron chi connectivity index (χ4n) is 0.511. The first kappa shape index (κ1) is 9.82. The van der Waals surface area contributed by atoms with E-state index in [1.165, 1.54) is 6.42 Å². The van der Waals surface area contributed by atoms with Crippen molar-refractivity contribution in [2.24, 2.45) is 0 Å². The van der Waals surface area contributed by atoms with Gasteiger partial charge in [0.2, 0.25) is 0 Å². The Labute approximate surface area is 68.2 Å². The van der Waals surface area contributed by atoms with E-state index < -0.39 is 0 Å². The Kier molecular flexibility index (Phi) is 4.99. The summed E-state index contributed by atoms with van der Waals surface area (Å²) in [6, 6.07) is 7.25. The van der Waals surface area contributed by atoms with Crippen LogP contribution in [0.1, 0.15) is 20.3 Å². The third-order valence-corrected chi connectivity index (χ3v) is 0.996. The number of benzene rings is 1. The SMILES string of the molecule is CCC.Nc1ccccc1N. The first-order valence-electron chi connectivity index (χ1n) is 3.82. The molecule has 0 aromatic heterocycles. The van der Waals surface area contributed by atoms with Crippen LogP contribution in [0.4, 0.5) is 11.4 Å². The third-order valence-electron chi connectivity index (χ3n) is 0.996. The average molecular weight is 152 g/mol. The highest BCUT2D eigenvalue weighted by Gasteiger charge is 1.85. The summed E-state index contributed by atoms with van der Waals surface area (Å²) >= 11 is 0. The summed E-state index contributed by atoms with van der Waals surface area (Å²) in [4.78, 5) is 0. The van der Waals surface area contributed by atoms with Crippen LogP contribution in [0, 0.1) is 0 Å². The Bertz CT molecular complexity index is 176. The van der Waals surface area contributed by atoms with Gasteiger partial charge in [-0.15, -0.1) is 0 Å². The molecule has 1 aromatic carbocycles. The number of hydrogen-bond acceptors (Lipinski definition) is 2. The molecule has 2 nitrogen and oxygen atoms in total. The minimum absolute atomic E-state index is 0.646. The van der Waals surface area contributed by atoms with Gasteiger partial charge in [-0.1, -0.05) is 32.4 Å². The van der Waals surface area contributed by atoms with Gasteiger partial charge in [-0.05, 0) is 12.1 Å². The summed E-state index contributed by atoms with van der Waals surface area (Å²) in [6.45, 7) is 4.25. The molecule has 62 valence electrons. The van der Waals surface area contributed by atoms with Crippen LogP contribution in [-0.2, 0) is 0 Å². The number of hydrogen-bond donors (Lipinski definition) is 2. The Hall–Kier alpha value is -1.18. The molecular formula is C9H16N2. The first-order chi connectivity index (χ1) is 5.22. The number of anilines is 2. The topological polar surface area (TPSA) is 52.0 Å². The summed E-state index contributed by atoms with van der Waals surface area (Å²) in [5.41, 5.74) is 12.1. The molecule has 0 saturated heterocycles. The van der Waals surface area contributed by atoms with E-state index in [0.717, 1.165) is 0 Å². The molecule has 0 fully saturated rings. The molecule has 1 rings (SSSR count). The highest BCUT2D eigenvalue weighted by Crippen LogP contribution is 2.10. The largest absolute Gasteiger partial charge is 0.397 e. The molecule has 0 bridgehead atoms. The summed E-state index contributed by atoms with van der Waals surface area (Å²) in [5.74, 6) is 0. The average Bonchev–Trinajstić information content (AvgIpc) is 1.97. The maximum atomic E-state index is 5.39. The normalized spacial score (nSPS) is 8.18. The molecule has 2 heteroatoms. The van der Waals surface area contributed by atoms with Gasteiger partial charge >= 0.3 is 0 Å². The highest BCUT2D eigenvalue weighted by atomic mass is 14.7. The zero-order chi connectivity index (χ0) is 8.69. The lowest BCUT2D eigenvalue weighted by atomic mass is 10.3. The van der Waals surface area contributed by atoms with Crippen LogP contribution in [0.15, 0.2) is 24.3 Å². The van der Waals surface area contributed by atoms with Gasteiger partial charge in [-0.25, -0.2) is 0 Å². The van der Waals surface area contributed by atoms with Crippen LogP contribution in [0.5, 0.6) is 0 Å². The number of nitrogen functional groups attached to an aromatic ring is 2. The molecule has 1 aromatic rings. The Balaban J connectivity index is 0.000000292. The monoisotopic (exact) mass is 152 g/mol. The van der Waals surface area contributed by atoms with Crippen molar-refractivity contribution in [1.29, 1.82) is 0 Å².